The van der Waals surface area contributed by atoms with Crippen molar-refractivity contribution in [3.05, 3.63) is 0 Å². The van der Waals surface area contributed by atoms with Gasteiger partial charge in [0.1, 0.15) is 0 Å². The molecule has 0 N–H and O–H groups in total. The quantitative estimate of drug-likeness (QED) is 0.466. The fourth-order valence-corrected chi connectivity index (χ4v) is 3.66. The van der Waals surface area contributed by atoms with Crippen LogP contribution in [0.5, 0.6) is 0 Å². The van der Waals surface area contributed by atoms with E-state index in [0.717, 1.165) is 23.7 Å². The first-order chi connectivity index (χ1) is 8.67. The lowest BCUT2D eigenvalue weighted by Gasteiger charge is -2.29. The van der Waals surface area contributed by atoms with Crippen molar-refractivity contribution >= 4 is 0 Å². The summed E-state index contributed by atoms with van der Waals surface area (Å²) in [6.07, 6.45) is 14.7. The molecule has 0 aliphatic heterocycles. The Hall–Kier alpha value is 0. The summed E-state index contributed by atoms with van der Waals surface area (Å²) in [4.78, 5) is 0. The third-order valence-electron chi connectivity index (χ3n) is 5.49. The van der Waals surface area contributed by atoms with Gasteiger partial charge in [-0.3, -0.25) is 0 Å². The molecule has 0 heteroatoms. The van der Waals surface area contributed by atoms with Crippen molar-refractivity contribution < 1.29 is 0 Å². The van der Waals surface area contributed by atoms with E-state index in [1.165, 1.54) is 64.2 Å². The van der Waals surface area contributed by atoms with Gasteiger partial charge >= 0.3 is 0 Å². The molecular formula is C18H36. The lowest BCUT2D eigenvalue weighted by Crippen LogP contribution is -2.16. The lowest BCUT2D eigenvalue weighted by molar-refractivity contribution is 0.230. The maximum Gasteiger partial charge on any atom is -0.0388 e. The van der Waals surface area contributed by atoms with Gasteiger partial charge in [-0.25, -0.2) is 0 Å². The van der Waals surface area contributed by atoms with Crippen LogP contribution in [0.1, 0.15) is 91.9 Å². The first kappa shape index (κ1) is 16.1. The summed E-state index contributed by atoms with van der Waals surface area (Å²) in [7, 11) is 0. The maximum atomic E-state index is 2.52. The van der Waals surface area contributed by atoms with E-state index in [-0.39, 0.29) is 0 Å². The lowest BCUT2D eigenvalue weighted by atomic mass is 9.77. The Balaban J connectivity index is 2.23. The molecule has 0 radical (unpaired) electrons. The van der Waals surface area contributed by atoms with Gasteiger partial charge in [0, 0.05) is 0 Å². The molecule has 1 aliphatic carbocycles. The Kier molecular flexibility index (Phi) is 8.02. The van der Waals surface area contributed by atoms with Gasteiger partial charge in [-0.15, -0.1) is 0 Å². The zero-order valence-corrected chi connectivity index (χ0v) is 13.4. The molecule has 0 aromatic carbocycles. The molecule has 0 heterocycles. The summed E-state index contributed by atoms with van der Waals surface area (Å²) in [6, 6.07) is 0. The molecule has 0 nitrogen and oxygen atoms in total. The molecule has 0 saturated heterocycles. The van der Waals surface area contributed by atoms with Gasteiger partial charge in [-0.2, -0.15) is 0 Å². The number of hydrogen-bond acceptors (Lipinski definition) is 0. The molecule has 18 heavy (non-hydrogen) atoms. The zero-order valence-electron chi connectivity index (χ0n) is 13.4. The fraction of sp³-hybridized carbons (Fsp3) is 1.00. The highest BCUT2D eigenvalue weighted by Crippen LogP contribution is 2.34. The monoisotopic (exact) mass is 252 g/mol. The summed E-state index contributed by atoms with van der Waals surface area (Å²) < 4.78 is 0. The second kappa shape index (κ2) is 8.99. The summed E-state index contributed by atoms with van der Waals surface area (Å²) in [5, 5.41) is 0. The molecule has 1 saturated carbocycles. The third kappa shape index (κ3) is 5.76. The summed E-state index contributed by atoms with van der Waals surface area (Å²) in [6.45, 7) is 9.67. The predicted molar refractivity (Wildman–Crippen MR) is 82.8 cm³/mol. The van der Waals surface area contributed by atoms with Gasteiger partial charge in [-0.1, -0.05) is 85.5 Å². The van der Waals surface area contributed by atoms with Gasteiger partial charge in [0.25, 0.3) is 0 Å². The average Bonchev–Trinajstić information content (AvgIpc) is 2.43. The van der Waals surface area contributed by atoms with Crippen molar-refractivity contribution in [3.63, 3.8) is 0 Å². The van der Waals surface area contributed by atoms with Gasteiger partial charge in [-0.05, 0) is 30.1 Å². The van der Waals surface area contributed by atoms with Gasteiger partial charge in [0.2, 0.25) is 0 Å². The molecule has 108 valence electrons. The fourth-order valence-electron chi connectivity index (χ4n) is 3.66. The van der Waals surface area contributed by atoms with Crippen molar-refractivity contribution in [1.29, 1.82) is 0 Å². The molecule has 0 amide bonds. The van der Waals surface area contributed by atoms with E-state index in [9.17, 15) is 0 Å². The van der Waals surface area contributed by atoms with Crippen LogP contribution in [0.2, 0.25) is 0 Å². The van der Waals surface area contributed by atoms with Crippen LogP contribution < -0.4 is 0 Å². The van der Waals surface area contributed by atoms with E-state index in [2.05, 4.69) is 27.7 Å². The van der Waals surface area contributed by atoms with Crippen LogP contribution in [0.15, 0.2) is 0 Å². The smallest absolute Gasteiger partial charge is 0.0388 e. The largest absolute Gasteiger partial charge is 0.0651 e. The average molecular weight is 252 g/mol. The minimum Gasteiger partial charge on any atom is -0.0651 e. The molecule has 3 atom stereocenters. The van der Waals surface area contributed by atoms with E-state index in [0.29, 0.717) is 0 Å². The first-order valence-electron chi connectivity index (χ1n) is 8.67. The van der Waals surface area contributed by atoms with Crippen LogP contribution in [0, 0.1) is 23.7 Å². The summed E-state index contributed by atoms with van der Waals surface area (Å²) in [5.41, 5.74) is 0. The first-order valence-corrected chi connectivity index (χ1v) is 8.67. The molecule has 1 aliphatic rings. The standard InChI is InChI=1S/C18H36/c1-5-15(3)14-17(6-2)13-12-16(4)18-10-8-7-9-11-18/h15-18H,5-14H2,1-4H3. The van der Waals surface area contributed by atoms with E-state index in [1.54, 1.807) is 0 Å². The third-order valence-corrected chi connectivity index (χ3v) is 5.49. The summed E-state index contributed by atoms with van der Waals surface area (Å²) in [5.74, 6) is 3.96. The van der Waals surface area contributed by atoms with Crippen LogP contribution in [0.4, 0.5) is 0 Å². The maximum absolute atomic E-state index is 2.52. The highest BCUT2D eigenvalue weighted by Gasteiger charge is 2.21. The zero-order chi connectivity index (χ0) is 13.4. The minimum absolute atomic E-state index is 0.930. The van der Waals surface area contributed by atoms with E-state index >= 15 is 0 Å². The van der Waals surface area contributed by atoms with Crippen molar-refractivity contribution in [2.45, 2.75) is 91.9 Å². The summed E-state index contributed by atoms with van der Waals surface area (Å²) >= 11 is 0. The molecule has 3 unspecified atom stereocenters. The Labute approximate surface area is 116 Å². The van der Waals surface area contributed by atoms with Gasteiger partial charge in [0.05, 0.1) is 0 Å². The van der Waals surface area contributed by atoms with Crippen LogP contribution in [-0.2, 0) is 0 Å². The second-order valence-corrected chi connectivity index (χ2v) is 6.98. The molecule has 1 fully saturated rings. The van der Waals surface area contributed by atoms with Gasteiger partial charge < -0.3 is 0 Å². The van der Waals surface area contributed by atoms with Crippen LogP contribution in [0.3, 0.4) is 0 Å². The predicted octanol–water partition coefficient (Wildman–Crippen LogP) is 6.45. The Morgan fingerprint density at radius 2 is 1.56 bits per heavy atom. The highest BCUT2D eigenvalue weighted by atomic mass is 14.3. The second-order valence-electron chi connectivity index (χ2n) is 6.98. The van der Waals surface area contributed by atoms with E-state index in [4.69, 9.17) is 0 Å². The highest BCUT2D eigenvalue weighted by molar-refractivity contribution is 4.73. The molecule has 0 aromatic rings. The number of hydrogen-bond donors (Lipinski definition) is 0. The Morgan fingerprint density at radius 1 is 0.889 bits per heavy atom. The Bertz CT molecular complexity index is 188. The van der Waals surface area contributed by atoms with E-state index in [1.807, 2.05) is 0 Å². The molecule has 0 bridgehead atoms. The number of rotatable bonds is 8. The van der Waals surface area contributed by atoms with Crippen LogP contribution in [0.25, 0.3) is 0 Å². The molecule has 0 spiro atoms. The van der Waals surface area contributed by atoms with Crippen LogP contribution in [-0.4, -0.2) is 0 Å². The van der Waals surface area contributed by atoms with Crippen LogP contribution >= 0.6 is 0 Å². The van der Waals surface area contributed by atoms with Crippen molar-refractivity contribution in [1.82, 2.24) is 0 Å². The minimum atomic E-state index is 0.930. The molecule has 1 rings (SSSR count). The van der Waals surface area contributed by atoms with Crippen molar-refractivity contribution in [3.8, 4) is 0 Å². The van der Waals surface area contributed by atoms with Gasteiger partial charge in [0.15, 0.2) is 0 Å². The topological polar surface area (TPSA) is 0 Å². The van der Waals surface area contributed by atoms with Crippen molar-refractivity contribution in [2.24, 2.45) is 23.7 Å². The Morgan fingerprint density at radius 3 is 2.11 bits per heavy atom. The van der Waals surface area contributed by atoms with E-state index < -0.39 is 0 Å². The molecule has 0 aromatic heterocycles. The van der Waals surface area contributed by atoms with Crippen molar-refractivity contribution in [2.75, 3.05) is 0 Å². The SMILES string of the molecule is CCC(C)CC(CC)CCC(C)C1CCCCC1. The normalized spacial score (nSPS) is 22.7. The molecular weight excluding hydrogens is 216 g/mol.